The van der Waals surface area contributed by atoms with Gasteiger partial charge in [0.25, 0.3) is 0 Å². The molecule has 1 aliphatic rings. The Morgan fingerprint density at radius 1 is 1.69 bits per heavy atom. The van der Waals surface area contributed by atoms with Gasteiger partial charge in [-0.1, -0.05) is 0 Å². The summed E-state index contributed by atoms with van der Waals surface area (Å²) in [5.41, 5.74) is 0. The van der Waals surface area contributed by atoms with Gasteiger partial charge in [0.05, 0.1) is 13.2 Å². The Hall–Kier alpha value is -0.870. The van der Waals surface area contributed by atoms with Crippen molar-refractivity contribution in [1.82, 2.24) is 9.78 Å². The summed E-state index contributed by atoms with van der Waals surface area (Å²) in [6.45, 7) is 5.20. The van der Waals surface area contributed by atoms with Crippen LogP contribution in [0.2, 0.25) is 0 Å². The molecule has 1 saturated heterocycles. The fourth-order valence-corrected chi connectivity index (χ4v) is 1.42. The van der Waals surface area contributed by atoms with Crippen molar-refractivity contribution in [3.05, 3.63) is 18.5 Å². The van der Waals surface area contributed by atoms with Gasteiger partial charge in [0.1, 0.15) is 12.3 Å². The lowest BCUT2D eigenvalue weighted by Gasteiger charge is -2.16. The summed E-state index contributed by atoms with van der Waals surface area (Å²) in [7, 11) is 0. The minimum absolute atomic E-state index is 0.100. The van der Waals surface area contributed by atoms with E-state index in [4.69, 9.17) is 9.47 Å². The first kappa shape index (κ1) is 8.72. The zero-order valence-electron chi connectivity index (χ0n) is 7.86. The van der Waals surface area contributed by atoms with Gasteiger partial charge in [0.2, 0.25) is 0 Å². The molecule has 2 rings (SSSR count). The molecule has 0 aromatic carbocycles. The molecule has 71 valence electrons. The van der Waals surface area contributed by atoms with Crippen molar-refractivity contribution in [3.63, 3.8) is 0 Å². The van der Waals surface area contributed by atoms with E-state index < -0.39 is 5.79 Å². The quantitative estimate of drug-likeness (QED) is 0.678. The Labute approximate surface area is 77.4 Å². The highest BCUT2D eigenvalue weighted by atomic mass is 16.7. The zero-order chi connectivity index (χ0) is 9.31. The van der Waals surface area contributed by atoms with Crippen molar-refractivity contribution in [2.24, 2.45) is 0 Å². The second kappa shape index (κ2) is 3.12. The molecule has 4 heteroatoms. The van der Waals surface area contributed by atoms with E-state index in [-0.39, 0.29) is 6.10 Å². The lowest BCUT2D eigenvalue weighted by Crippen LogP contribution is -2.24. The fraction of sp³-hybridized carbons (Fsp3) is 0.667. The van der Waals surface area contributed by atoms with E-state index in [0.717, 1.165) is 6.54 Å². The Morgan fingerprint density at radius 3 is 3.08 bits per heavy atom. The van der Waals surface area contributed by atoms with E-state index in [1.165, 1.54) is 0 Å². The van der Waals surface area contributed by atoms with Crippen LogP contribution in [0.1, 0.15) is 13.8 Å². The van der Waals surface area contributed by atoms with Crippen LogP contribution in [0, 0.1) is 6.20 Å². The van der Waals surface area contributed by atoms with Gasteiger partial charge in [-0.25, -0.2) is 0 Å². The predicted molar refractivity (Wildman–Crippen MR) is 46.0 cm³/mol. The first-order valence-electron chi connectivity index (χ1n) is 4.37. The highest BCUT2D eigenvalue weighted by molar-refractivity contribution is 4.78. The molecule has 0 unspecified atom stereocenters. The number of hydrogen-bond donors (Lipinski definition) is 0. The van der Waals surface area contributed by atoms with E-state index in [1.54, 1.807) is 10.7 Å². The predicted octanol–water partition coefficient (Wildman–Crippen LogP) is 0.835. The van der Waals surface area contributed by atoms with Crippen molar-refractivity contribution in [2.75, 3.05) is 6.61 Å². The molecular weight excluding hydrogens is 168 g/mol. The van der Waals surface area contributed by atoms with Crippen molar-refractivity contribution >= 4 is 0 Å². The number of hydrogen-bond acceptors (Lipinski definition) is 3. The molecule has 1 radical (unpaired) electrons. The number of rotatable bonds is 2. The SMILES string of the molecule is CC1(C)OC[C@H](Cn2cc[c]n2)O1. The molecule has 0 bridgehead atoms. The van der Waals surface area contributed by atoms with E-state index in [0.29, 0.717) is 6.61 Å². The molecule has 1 atom stereocenters. The lowest BCUT2D eigenvalue weighted by molar-refractivity contribution is -0.139. The smallest absolute Gasteiger partial charge is 0.163 e. The normalized spacial score (nSPS) is 26.5. The fourth-order valence-electron chi connectivity index (χ4n) is 1.42. The molecule has 0 aliphatic carbocycles. The average molecular weight is 181 g/mol. The molecule has 0 spiro atoms. The Kier molecular flexibility index (Phi) is 2.09. The van der Waals surface area contributed by atoms with E-state index in [9.17, 15) is 0 Å². The topological polar surface area (TPSA) is 36.3 Å². The van der Waals surface area contributed by atoms with Gasteiger partial charge in [0, 0.05) is 6.20 Å². The summed E-state index contributed by atoms with van der Waals surface area (Å²) in [4.78, 5) is 0. The summed E-state index contributed by atoms with van der Waals surface area (Å²) in [6.07, 6.45) is 4.71. The van der Waals surface area contributed by atoms with Crippen molar-refractivity contribution in [2.45, 2.75) is 32.3 Å². The van der Waals surface area contributed by atoms with Crippen LogP contribution in [0.15, 0.2) is 12.3 Å². The summed E-state index contributed by atoms with van der Waals surface area (Å²) in [5, 5.41) is 3.98. The molecule has 13 heavy (non-hydrogen) atoms. The molecule has 0 amide bonds. The van der Waals surface area contributed by atoms with E-state index >= 15 is 0 Å². The summed E-state index contributed by atoms with van der Waals surface area (Å²) in [6, 6.07) is 1.78. The van der Waals surface area contributed by atoms with Crippen LogP contribution in [-0.2, 0) is 16.0 Å². The molecule has 0 N–H and O–H groups in total. The lowest BCUT2D eigenvalue weighted by atomic mass is 10.4. The highest BCUT2D eigenvalue weighted by Crippen LogP contribution is 2.22. The summed E-state index contributed by atoms with van der Waals surface area (Å²) in [5.74, 6) is -0.443. The van der Waals surface area contributed by atoms with Crippen LogP contribution >= 0.6 is 0 Å². The van der Waals surface area contributed by atoms with Gasteiger partial charge in [-0.2, -0.15) is 5.10 Å². The molecule has 2 heterocycles. The van der Waals surface area contributed by atoms with E-state index in [2.05, 4.69) is 11.3 Å². The van der Waals surface area contributed by atoms with Crippen molar-refractivity contribution in [1.29, 1.82) is 0 Å². The molecule has 1 aromatic rings. The maximum absolute atomic E-state index is 5.63. The largest absolute Gasteiger partial charge is 0.348 e. The minimum Gasteiger partial charge on any atom is -0.348 e. The number of aromatic nitrogens is 2. The van der Waals surface area contributed by atoms with Crippen molar-refractivity contribution < 1.29 is 9.47 Å². The van der Waals surface area contributed by atoms with Gasteiger partial charge in [-0.05, 0) is 19.9 Å². The highest BCUT2D eigenvalue weighted by Gasteiger charge is 2.32. The standard InChI is InChI=1S/C9H13N2O2/c1-9(2)12-7-8(13-9)6-11-5-3-4-10-11/h3,5,8H,6-7H2,1-2H3/t8-/m0/s1. The Bertz CT molecular complexity index is 269. The van der Waals surface area contributed by atoms with Gasteiger partial charge < -0.3 is 9.47 Å². The summed E-state index contributed by atoms with van der Waals surface area (Å²) >= 11 is 0. The monoisotopic (exact) mass is 181 g/mol. The Balaban J connectivity index is 1.91. The Morgan fingerprint density at radius 2 is 2.54 bits per heavy atom. The first-order valence-corrected chi connectivity index (χ1v) is 4.37. The average Bonchev–Trinajstić information content (AvgIpc) is 2.61. The molecule has 1 fully saturated rings. The van der Waals surface area contributed by atoms with E-state index in [1.807, 2.05) is 20.0 Å². The molecule has 1 aromatic heterocycles. The zero-order valence-corrected chi connectivity index (χ0v) is 7.86. The third kappa shape index (κ3) is 2.08. The third-order valence-electron chi connectivity index (χ3n) is 1.97. The summed E-state index contributed by atoms with van der Waals surface area (Å²) < 4.78 is 12.9. The minimum atomic E-state index is -0.443. The maximum Gasteiger partial charge on any atom is 0.163 e. The third-order valence-corrected chi connectivity index (χ3v) is 1.97. The van der Waals surface area contributed by atoms with Gasteiger partial charge in [0.15, 0.2) is 5.79 Å². The van der Waals surface area contributed by atoms with Crippen LogP contribution < -0.4 is 0 Å². The maximum atomic E-state index is 5.63. The molecule has 1 aliphatic heterocycles. The second-order valence-electron chi connectivity index (χ2n) is 3.62. The van der Waals surface area contributed by atoms with Crippen LogP contribution in [0.4, 0.5) is 0 Å². The van der Waals surface area contributed by atoms with Crippen LogP contribution in [0.3, 0.4) is 0 Å². The van der Waals surface area contributed by atoms with Crippen LogP contribution in [0.5, 0.6) is 0 Å². The first-order chi connectivity index (χ1) is 6.16. The van der Waals surface area contributed by atoms with Gasteiger partial charge in [-0.3, -0.25) is 4.68 Å². The molecular formula is C9H13N2O2. The molecule has 4 nitrogen and oxygen atoms in total. The van der Waals surface area contributed by atoms with Crippen molar-refractivity contribution in [3.8, 4) is 0 Å². The number of ether oxygens (including phenoxy) is 2. The van der Waals surface area contributed by atoms with Crippen LogP contribution in [-0.4, -0.2) is 28.3 Å². The van der Waals surface area contributed by atoms with Crippen LogP contribution in [0.25, 0.3) is 0 Å². The number of nitrogens with zero attached hydrogens (tertiary/aromatic N) is 2. The second-order valence-corrected chi connectivity index (χ2v) is 3.62. The van der Waals surface area contributed by atoms with Gasteiger partial charge in [-0.15, -0.1) is 0 Å². The van der Waals surface area contributed by atoms with Gasteiger partial charge >= 0.3 is 0 Å². The molecule has 0 saturated carbocycles.